The Morgan fingerprint density at radius 2 is 1.67 bits per heavy atom. The van der Waals surface area contributed by atoms with Crippen molar-refractivity contribution in [3.8, 4) is 16.9 Å². The zero-order valence-corrected chi connectivity index (χ0v) is 18.2. The van der Waals surface area contributed by atoms with Crippen LogP contribution in [0.2, 0.25) is 5.02 Å². The highest BCUT2D eigenvalue weighted by molar-refractivity contribution is 7.99. The third kappa shape index (κ3) is 4.53. The molecule has 3 aromatic carbocycles. The first-order valence-electron chi connectivity index (χ1n) is 9.53. The number of halogens is 1. The molecule has 0 saturated heterocycles. The van der Waals surface area contributed by atoms with Gasteiger partial charge in [0.25, 0.3) is 0 Å². The summed E-state index contributed by atoms with van der Waals surface area (Å²) in [4.78, 5) is 26.6. The molecule has 0 fully saturated rings. The minimum Gasteiger partial charge on any atom is -0.507 e. The van der Waals surface area contributed by atoms with Crippen LogP contribution in [0.15, 0.2) is 65.6 Å². The molecule has 0 spiro atoms. The molecular weight excluding hydrogens is 420 g/mol. The average Bonchev–Trinajstić information content (AvgIpc) is 2.74. The van der Waals surface area contributed by atoms with Crippen molar-refractivity contribution in [3.63, 3.8) is 0 Å². The first-order valence-corrected chi connectivity index (χ1v) is 10.9. The summed E-state index contributed by atoms with van der Waals surface area (Å²) in [7, 11) is 0. The SMILES string of the molecule is CCOC(=O)c1c(O)cc(-c2ccc(Cl)cc2)c(C(=O)c2ccccc2)c1SCC. The molecule has 0 aliphatic carbocycles. The van der Waals surface area contributed by atoms with Gasteiger partial charge in [-0.2, -0.15) is 0 Å². The number of rotatable bonds is 7. The van der Waals surface area contributed by atoms with Gasteiger partial charge in [0.15, 0.2) is 5.78 Å². The van der Waals surface area contributed by atoms with Gasteiger partial charge < -0.3 is 9.84 Å². The van der Waals surface area contributed by atoms with Gasteiger partial charge in [0, 0.05) is 21.0 Å². The fourth-order valence-electron chi connectivity index (χ4n) is 3.15. The number of esters is 1. The van der Waals surface area contributed by atoms with Crippen LogP contribution in [-0.4, -0.2) is 29.2 Å². The van der Waals surface area contributed by atoms with Crippen LogP contribution in [-0.2, 0) is 4.74 Å². The minimum absolute atomic E-state index is 0.0145. The monoisotopic (exact) mass is 440 g/mol. The van der Waals surface area contributed by atoms with Crippen LogP contribution in [0.5, 0.6) is 5.75 Å². The van der Waals surface area contributed by atoms with E-state index in [1.165, 1.54) is 17.8 Å². The van der Waals surface area contributed by atoms with Gasteiger partial charge in [0.05, 0.1) is 6.61 Å². The average molecular weight is 441 g/mol. The van der Waals surface area contributed by atoms with E-state index in [2.05, 4.69) is 0 Å². The first-order chi connectivity index (χ1) is 14.5. The second-order valence-corrected chi connectivity index (χ2v) is 8.09. The third-order valence-electron chi connectivity index (χ3n) is 4.45. The number of aromatic hydroxyl groups is 1. The van der Waals surface area contributed by atoms with Crippen LogP contribution in [0, 0.1) is 0 Å². The zero-order chi connectivity index (χ0) is 21.7. The molecule has 6 heteroatoms. The molecule has 154 valence electrons. The lowest BCUT2D eigenvalue weighted by atomic mass is 9.91. The maximum absolute atomic E-state index is 13.6. The third-order valence-corrected chi connectivity index (χ3v) is 5.68. The van der Waals surface area contributed by atoms with Crippen molar-refractivity contribution in [2.75, 3.05) is 12.4 Å². The fraction of sp³-hybridized carbons (Fsp3) is 0.167. The molecule has 0 atom stereocenters. The predicted octanol–water partition coefficient (Wildman–Crippen LogP) is 6.23. The summed E-state index contributed by atoms with van der Waals surface area (Å²) in [5.41, 5.74) is 2.10. The molecule has 30 heavy (non-hydrogen) atoms. The number of carbonyl (C=O) groups excluding carboxylic acids is 2. The van der Waals surface area contributed by atoms with E-state index in [-0.39, 0.29) is 23.7 Å². The first kappa shape index (κ1) is 21.9. The highest BCUT2D eigenvalue weighted by atomic mass is 35.5. The number of hydrogen-bond acceptors (Lipinski definition) is 5. The maximum Gasteiger partial charge on any atom is 0.343 e. The highest BCUT2D eigenvalue weighted by Crippen LogP contribution is 2.41. The standard InChI is InChI=1S/C24H21ClO4S/c1-3-29-24(28)21-19(26)14-18(15-10-12-17(25)13-11-15)20(23(21)30-4-2)22(27)16-8-6-5-7-9-16/h5-14,26H,3-4H2,1-2H3. The van der Waals surface area contributed by atoms with Crippen molar-refractivity contribution >= 4 is 35.1 Å². The Labute approximate surface area is 184 Å². The van der Waals surface area contributed by atoms with E-state index < -0.39 is 5.97 Å². The Balaban J connectivity index is 2.35. The van der Waals surface area contributed by atoms with Crippen LogP contribution in [0.1, 0.15) is 40.1 Å². The molecule has 0 radical (unpaired) electrons. The molecule has 3 aromatic rings. The normalized spacial score (nSPS) is 10.6. The maximum atomic E-state index is 13.6. The molecule has 0 unspecified atom stereocenters. The molecule has 0 heterocycles. The van der Waals surface area contributed by atoms with E-state index in [1.807, 2.05) is 13.0 Å². The van der Waals surface area contributed by atoms with Crippen molar-refractivity contribution in [2.45, 2.75) is 18.7 Å². The smallest absolute Gasteiger partial charge is 0.343 e. The molecule has 3 rings (SSSR count). The van der Waals surface area contributed by atoms with E-state index in [9.17, 15) is 14.7 Å². The van der Waals surface area contributed by atoms with Crippen molar-refractivity contribution < 1.29 is 19.4 Å². The number of benzene rings is 3. The number of ether oxygens (including phenoxy) is 1. The molecule has 0 aliphatic heterocycles. The van der Waals surface area contributed by atoms with E-state index in [0.717, 1.165) is 0 Å². The van der Waals surface area contributed by atoms with Crippen molar-refractivity contribution in [3.05, 3.63) is 82.4 Å². The molecular formula is C24H21ClO4S. The Hall–Kier alpha value is -2.76. The van der Waals surface area contributed by atoms with Gasteiger partial charge in [-0.05, 0) is 42.0 Å². The van der Waals surface area contributed by atoms with Gasteiger partial charge in [-0.3, -0.25) is 4.79 Å². The number of ketones is 1. The van der Waals surface area contributed by atoms with Gasteiger partial charge in [-0.15, -0.1) is 11.8 Å². The van der Waals surface area contributed by atoms with Crippen molar-refractivity contribution in [1.82, 2.24) is 0 Å². The van der Waals surface area contributed by atoms with Crippen LogP contribution < -0.4 is 0 Å². The molecule has 0 aromatic heterocycles. The lowest BCUT2D eigenvalue weighted by molar-refractivity contribution is 0.0519. The highest BCUT2D eigenvalue weighted by Gasteiger charge is 2.28. The Morgan fingerprint density at radius 1 is 1.00 bits per heavy atom. The van der Waals surface area contributed by atoms with Gasteiger partial charge in [-0.25, -0.2) is 4.79 Å². The zero-order valence-electron chi connectivity index (χ0n) is 16.6. The lowest BCUT2D eigenvalue weighted by Gasteiger charge is -2.19. The van der Waals surface area contributed by atoms with E-state index in [0.29, 0.717) is 37.9 Å². The van der Waals surface area contributed by atoms with Crippen molar-refractivity contribution in [1.29, 1.82) is 0 Å². The second kappa shape index (κ2) is 9.83. The van der Waals surface area contributed by atoms with Gasteiger partial charge in [0.1, 0.15) is 11.3 Å². The predicted molar refractivity (Wildman–Crippen MR) is 121 cm³/mol. The van der Waals surface area contributed by atoms with E-state index >= 15 is 0 Å². The van der Waals surface area contributed by atoms with E-state index in [4.69, 9.17) is 16.3 Å². The van der Waals surface area contributed by atoms with E-state index in [1.54, 1.807) is 55.5 Å². The van der Waals surface area contributed by atoms with Gasteiger partial charge >= 0.3 is 5.97 Å². The van der Waals surface area contributed by atoms with Gasteiger partial charge in [0.2, 0.25) is 0 Å². The summed E-state index contributed by atoms with van der Waals surface area (Å²) >= 11 is 7.35. The molecule has 4 nitrogen and oxygen atoms in total. The number of carbonyl (C=O) groups is 2. The minimum atomic E-state index is -0.657. The Morgan fingerprint density at radius 3 is 2.27 bits per heavy atom. The van der Waals surface area contributed by atoms with Gasteiger partial charge in [-0.1, -0.05) is 61.0 Å². The van der Waals surface area contributed by atoms with Crippen LogP contribution >= 0.6 is 23.4 Å². The summed E-state index contributed by atoms with van der Waals surface area (Å²) in [6.07, 6.45) is 0. The van der Waals surface area contributed by atoms with Crippen LogP contribution in [0.3, 0.4) is 0 Å². The second-order valence-electron chi connectivity index (χ2n) is 6.38. The molecule has 0 bridgehead atoms. The Kier molecular flexibility index (Phi) is 7.19. The molecule has 0 amide bonds. The van der Waals surface area contributed by atoms with Crippen LogP contribution in [0.25, 0.3) is 11.1 Å². The largest absolute Gasteiger partial charge is 0.507 e. The summed E-state index contributed by atoms with van der Waals surface area (Å²) < 4.78 is 5.16. The molecule has 0 aliphatic rings. The number of phenolic OH excluding ortho intramolecular Hbond substituents is 1. The number of thioether (sulfide) groups is 1. The summed E-state index contributed by atoms with van der Waals surface area (Å²) in [6.45, 7) is 3.78. The summed E-state index contributed by atoms with van der Waals surface area (Å²) in [5.74, 6) is -0.512. The molecule has 0 saturated carbocycles. The number of hydrogen-bond donors (Lipinski definition) is 1. The summed E-state index contributed by atoms with van der Waals surface area (Å²) in [6, 6.07) is 17.3. The van der Waals surface area contributed by atoms with Crippen LogP contribution in [0.4, 0.5) is 0 Å². The topological polar surface area (TPSA) is 63.6 Å². The van der Waals surface area contributed by atoms with Crippen molar-refractivity contribution in [2.24, 2.45) is 0 Å². The lowest BCUT2D eigenvalue weighted by Crippen LogP contribution is -2.13. The Bertz CT molecular complexity index is 1060. The molecule has 1 N–H and O–H groups in total. The summed E-state index contributed by atoms with van der Waals surface area (Å²) in [5, 5.41) is 11.3. The fourth-order valence-corrected chi connectivity index (χ4v) is 4.24. The number of phenols is 1. The quantitative estimate of drug-likeness (QED) is 0.268.